The Kier molecular flexibility index (Phi) is 2.69. The Hall–Kier alpha value is -3.14. The fraction of sp³-hybridized carbons (Fsp3) is 0. The molecule has 0 atom stereocenters. The summed E-state index contributed by atoms with van der Waals surface area (Å²) in [5, 5.41) is 0. The Morgan fingerprint density at radius 2 is 0.955 bits per heavy atom. The Balaban J connectivity index is 2.12. The lowest BCUT2D eigenvalue weighted by atomic mass is 10.1. The first kappa shape index (κ1) is 12.6. The first-order valence-electron chi connectivity index (χ1n) is 6.98. The summed E-state index contributed by atoms with van der Waals surface area (Å²) >= 11 is 0. The largest absolute Gasteiger partial charge is 0.275 e. The van der Waals surface area contributed by atoms with Gasteiger partial charge in [-0.25, -0.2) is 4.52 Å². The summed E-state index contributed by atoms with van der Waals surface area (Å²) < 4.78 is 2.86. The van der Waals surface area contributed by atoms with Crippen LogP contribution in [0.2, 0.25) is 0 Å². The van der Waals surface area contributed by atoms with E-state index in [1.54, 1.807) is 4.52 Å². The van der Waals surface area contributed by atoms with E-state index < -0.39 is 0 Å². The highest BCUT2D eigenvalue weighted by molar-refractivity contribution is 5.66. The highest BCUT2D eigenvalue weighted by Gasteiger charge is 2.16. The zero-order valence-electron chi connectivity index (χ0n) is 11.6. The van der Waals surface area contributed by atoms with Crippen LogP contribution in [-0.4, -0.2) is 9.03 Å². The average Bonchev–Trinajstić information content (AvgIpc) is 3.08. The average molecular weight is 288 g/mol. The zero-order chi connectivity index (χ0) is 15.1. The molecule has 106 valence electrons. The van der Waals surface area contributed by atoms with E-state index in [0.29, 0.717) is 11.4 Å². The third kappa shape index (κ3) is 1.78. The highest BCUT2D eigenvalue weighted by atomic mass is 16.2. The van der Waals surface area contributed by atoms with Crippen LogP contribution in [0.1, 0.15) is 0 Å². The van der Waals surface area contributed by atoms with Crippen molar-refractivity contribution in [1.82, 2.24) is 9.03 Å². The second kappa shape index (κ2) is 4.70. The standard InChI is InChI=1S/C18H12N2O2/c21-17-11-15(13-7-3-1-4-8-13)19-16(12-18(22)20(17)19)14-9-5-2-6-10-14/h1-12H. The maximum absolute atomic E-state index is 12.2. The minimum atomic E-state index is -0.314. The molecule has 2 aromatic heterocycles. The molecular weight excluding hydrogens is 276 g/mol. The molecule has 2 aromatic carbocycles. The van der Waals surface area contributed by atoms with Gasteiger partial charge in [0, 0.05) is 23.3 Å². The predicted octanol–water partition coefficient (Wildman–Crippen LogP) is 2.53. The quantitative estimate of drug-likeness (QED) is 0.569. The van der Waals surface area contributed by atoms with Gasteiger partial charge in [-0.3, -0.25) is 9.59 Å². The van der Waals surface area contributed by atoms with E-state index in [1.807, 2.05) is 60.7 Å². The van der Waals surface area contributed by atoms with E-state index in [9.17, 15) is 9.59 Å². The monoisotopic (exact) mass is 288 g/mol. The number of hydrogen-bond acceptors (Lipinski definition) is 2. The Morgan fingerprint density at radius 3 is 1.36 bits per heavy atom. The molecule has 4 heteroatoms. The Morgan fingerprint density at radius 1 is 0.545 bits per heavy atom. The van der Waals surface area contributed by atoms with Gasteiger partial charge in [0.1, 0.15) is 0 Å². The number of aromatic nitrogens is 2. The van der Waals surface area contributed by atoms with Crippen LogP contribution < -0.4 is 11.1 Å². The van der Waals surface area contributed by atoms with Gasteiger partial charge in [-0.15, -0.1) is 0 Å². The summed E-state index contributed by atoms with van der Waals surface area (Å²) in [5.41, 5.74) is 2.60. The minimum Gasteiger partial charge on any atom is -0.267 e. The molecule has 0 aliphatic rings. The molecule has 0 bridgehead atoms. The highest BCUT2D eigenvalue weighted by Crippen LogP contribution is 2.23. The maximum Gasteiger partial charge on any atom is 0.275 e. The van der Waals surface area contributed by atoms with Crippen molar-refractivity contribution in [3.05, 3.63) is 93.5 Å². The molecular formula is C18H12N2O2. The molecule has 0 fully saturated rings. The van der Waals surface area contributed by atoms with Crippen molar-refractivity contribution < 1.29 is 0 Å². The number of fused-ring (bicyclic) bond motifs is 1. The molecule has 4 aromatic rings. The van der Waals surface area contributed by atoms with Gasteiger partial charge < -0.3 is 0 Å². The van der Waals surface area contributed by atoms with Crippen molar-refractivity contribution in [1.29, 1.82) is 0 Å². The number of rotatable bonds is 2. The van der Waals surface area contributed by atoms with Crippen molar-refractivity contribution in [2.45, 2.75) is 0 Å². The summed E-state index contributed by atoms with van der Waals surface area (Å²) in [6.45, 7) is 0. The summed E-state index contributed by atoms with van der Waals surface area (Å²) in [6, 6.07) is 22.2. The molecule has 0 aliphatic heterocycles. The molecule has 0 aliphatic carbocycles. The lowest BCUT2D eigenvalue weighted by Gasteiger charge is -2.04. The van der Waals surface area contributed by atoms with Gasteiger partial charge in [-0.2, -0.15) is 4.52 Å². The van der Waals surface area contributed by atoms with Crippen LogP contribution >= 0.6 is 0 Å². The summed E-state index contributed by atoms with van der Waals surface area (Å²) in [5.74, 6) is 0. The van der Waals surface area contributed by atoms with Crippen molar-refractivity contribution in [3.8, 4) is 22.5 Å². The van der Waals surface area contributed by atoms with E-state index in [0.717, 1.165) is 11.1 Å². The smallest absolute Gasteiger partial charge is 0.267 e. The zero-order valence-corrected chi connectivity index (χ0v) is 11.6. The maximum atomic E-state index is 12.2. The van der Waals surface area contributed by atoms with Crippen LogP contribution in [0.25, 0.3) is 22.5 Å². The van der Waals surface area contributed by atoms with E-state index >= 15 is 0 Å². The van der Waals surface area contributed by atoms with Crippen LogP contribution in [0.15, 0.2) is 82.4 Å². The van der Waals surface area contributed by atoms with Crippen molar-refractivity contribution in [2.24, 2.45) is 0 Å². The van der Waals surface area contributed by atoms with Gasteiger partial charge in [0.25, 0.3) is 11.1 Å². The fourth-order valence-electron chi connectivity index (χ4n) is 2.76. The van der Waals surface area contributed by atoms with Crippen LogP contribution in [0.3, 0.4) is 0 Å². The summed E-state index contributed by atoms with van der Waals surface area (Å²) in [4.78, 5) is 24.4. The molecule has 0 saturated carbocycles. The molecule has 0 amide bonds. The number of hydrogen-bond donors (Lipinski definition) is 0. The van der Waals surface area contributed by atoms with Crippen molar-refractivity contribution >= 4 is 0 Å². The minimum absolute atomic E-state index is 0.314. The van der Waals surface area contributed by atoms with E-state index in [2.05, 4.69) is 0 Å². The summed E-state index contributed by atoms with van der Waals surface area (Å²) in [7, 11) is 0. The molecule has 0 unspecified atom stereocenters. The number of nitrogens with zero attached hydrogens (tertiary/aromatic N) is 2. The van der Waals surface area contributed by atoms with Gasteiger partial charge in [0.15, 0.2) is 0 Å². The normalized spacial score (nSPS) is 11.1. The summed E-state index contributed by atoms with van der Waals surface area (Å²) in [6.07, 6.45) is 0. The van der Waals surface area contributed by atoms with Gasteiger partial charge >= 0.3 is 0 Å². The van der Waals surface area contributed by atoms with E-state index in [-0.39, 0.29) is 11.1 Å². The Labute approximate surface area is 125 Å². The van der Waals surface area contributed by atoms with Gasteiger partial charge in [-0.05, 0) is 0 Å². The fourth-order valence-corrected chi connectivity index (χ4v) is 2.76. The molecule has 2 heterocycles. The van der Waals surface area contributed by atoms with E-state index in [1.165, 1.54) is 16.6 Å². The second-order valence-electron chi connectivity index (χ2n) is 5.09. The third-order valence-corrected chi connectivity index (χ3v) is 3.73. The molecule has 22 heavy (non-hydrogen) atoms. The van der Waals surface area contributed by atoms with Crippen molar-refractivity contribution in [3.63, 3.8) is 0 Å². The molecule has 0 spiro atoms. The molecule has 4 nitrogen and oxygen atoms in total. The molecule has 0 N–H and O–H groups in total. The third-order valence-electron chi connectivity index (χ3n) is 3.73. The van der Waals surface area contributed by atoms with Crippen LogP contribution in [-0.2, 0) is 0 Å². The van der Waals surface area contributed by atoms with Gasteiger partial charge in [-0.1, -0.05) is 60.7 Å². The lowest BCUT2D eigenvalue weighted by molar-refractivity contribution is 0.814. The van der Waals surface area contributed by atoms with Crippen LogP contribution in [0.4, 0.5) is 0 Å². The second-order valence-corrected chi connectivity index (χ2v) is 5.09. The van der Waals surface area contributed by atoms with Crippen LogP contribution in [0, 0.1) is 0 Å². The predicted molar refractivity (Wildman–Crippen MR) is 85.4 cm³/mol. The SMILES string of the molecule is O=c1cc(-c2ccccc2)n2c(-c3ccccc3)cc(=O)n12. The first-order chi connectivity index (χ1) is 10.8. The van der Waals surface area contributed by atoms with E-state index in [4.69, 9.17) is 0 Å². The van der Waals surface area contributed by atoms with Gasteiger partial charge in [0.2, 0.25) is 0 Å². The van der Waals surface area contributed by atoms with Crippen molar-refractivity contribution in [2.75, 3.05) is 0 Å². The molecule has 0 saturated heterocycles. The number of benzene rings is 2. The topological polar surface area (TPSA) is 43.0 Å². The first-order valence-corrected chi connectivity index (χ1v) is 6.98. The Bertz CT molecular complexity index is 964. The lowest BCUT2D eigenvalue weighted by Crippen LogP contribution is -2.20. The van der Waals surface area contributed by atoms with Crippen LogP contribution in [0.5, 0.6) is 0 Å². The van der Waals surface area contributed by atoms with Gasteiger partial charge in [0.05, 0.1) is 11.4 Å². The molecule has 0 radical (unpaired) electrons. The molecule has 4 rings (SSSR count).